The fourth-order valence-corrected chi connectivity index (χ4v) is 3.75. The lowest BCUT2D eigenvalue weighted by Crippen LogP contribution is -2.19. The molecule has 0 unspecified atom stereocenters. The highest BCUT2D eigenvalue weighted by Crippen LogP contribution is 2.32. The number of rotatable bonds is 8. The molecule has 7 nitrogen and oxygen atoms in total. The molecule has 1 aromatic carbocycles. The molecular formula is C22H25F4N3O4. The van der Waals surface area contributed by atoms with Crippen LogP contribution in [0.15, 0.2) is 18.2 Å². The SMILES string of the molecule is CCc1nn(CCC2CCOCC2)c(N)c1C(=O)OCC(=O)c1cccc(C(F)(F)F)c1F. The molecule has 33 heavy (non-hydrogen) atoms. The van der Waals surface area contributed by atoms with Crippen LogP contribution in [0.1, 0.15) is 58.2 Å². The second kappa shape index (κ2) is 10.3. The van der Waals surface area contributed by atoms with E-state index >= 15 is 0 Å². The number of esters is 1. The Morgan fingerprint density at radius 3 is 2.61 bits per heavy atom. The van der Waals surface area contributed by atoms with Crippen molar-refractivity contribution in [3.63, 3.8) is 0 Å². The van der Waals surface area contributed by atoms with Gasteiger partial charge in [0.1, 0.15) is 17.2 Å². The number of halogens is 4. The van der Waals surface area contributed by atoms with Gasteiger partial charge in [-0.3, -0.25) is 4.79 Å². The summed E-state index contributed by atoms with van der Waals surface area (Å²) >= 11 is 0. The summed E-state index contributed by atoms with van der Waals surface area (Å²) in [5.74, 6) is -3.21. The van der Waals surface area contributed by atoms with Crippen molar-refractivity contribution in [2.75, 3.05) is 25.6 Å². The third kappa shape index (κ3) is 5.70. The third-order valence-electron chi connectivity index (χ3n) is 5.63. The summed E-state index contributed by atoms with van der Waals surface area (Å²) in [7, 11) is 0. The first-order valence-electron chi connectivity index (χ1n) is 10.6. The first-order valence-corrected chi connectivity index (χ1v) is 10.6. The van der Waals surface area contributed by atoms with Crippen LogP contribution in [-0.2, 0) is 28.6 Å². The molecule has 1 aliphatic heterocycles. The van der Waals surface area contributed by atoms with Gasteiger partial charge in [-0.25, -0.2) is 13.9 Å². The molecule has 1 aliphatic rings. The second-order valence-electron chi connectivity index (χ2n) is 7.79. The second-order valence-corrected chi connectivity index (χ2v) is 7.79. The molecule has 0 saturated carbocycles. The Morgan fingerprint density at radius 1 is 1.27 bits per heavy atom. The highest BCUT2D eigenvalue weighted by atomic mass is 19.4. The molecule has 0 amide bonds. The Hall–Kier alpha value is -2.95. The highest BCUT2D eigenvalue weighted by molar-refractivity contribution is 6.01. The molecule has 11 heteroatoms. The largest absolute Gasteiger partial charge is 0.454 e. The molecule has 1 fully saturated rings. The molecular weight excluding hydrogens is 446 g/mol. The van der Waals surface area contributed by atoms with E-state index in [9.17, 15) is 27.2 Å². The van der Waals surface area contributed by atoms with Crippen molar-refractivity contribution < 1.29 is 36.6 Å². The van der Waals surface area contributed by atoms with Crippen molar-refractivity contribution in [2.24, 2.45) is 5.92 Å². The van der Waals surface area contributed by atoms with E-state index in [4.69, 9.17) is 15.2 Å². The van der Waals surface area contributed by atoms with Gasteiger partial charge in [0.25, 0.3) is 0 Å². The number of hydrogen-bond acceptors (Lipinski definition) is 6. The number of carbonyl (C=O) groups is 2. The zero-order valence-electron chi connectivity index (χ0n) is 18.1. The normalized spacial score (nSPS) is 14.9. The van der Waals surface area contributed by atoms with Gasteiger partial charge in [-0.2, -0.15) is 18.3 Å². The standard InChI is InChI=1S/C22H25F4N3O4/c1-2-16-18(20(27)29(28-16)9-6-13-7-10-32-11-8-13)21(31)33-12-17(30)14-4-3-5-15(19(14)23)22(24,25)26/h3-5,13H,2,6-12,27H2,1H3. The number of nitrogens with zero attached hydrogens (tertiary/aromatic N) is 2. The molecule has 2 heterocycles. The molecule has 3 rings (SSSR count). The van der Waals surface area contributed by atoms with Crippen LogP contribution >= 0.6 is 0 Å². The number of nitrogens with two attached hydrogens (primary N) is 1. The van der Waals surface area contributed by atoms with Gasteiger partial charge >= 0.3 is 12.1 Å². The molecule has 0 atom stereocenters. The lowest BCUT2D eigenvalue weighted by Gasteiger charge is -2.21. The Bertz CT molecular complexity index is 1010. The maximum absolute atomic E-state index is 14.2. The number of anilines is 1. The molecule has 2 N–H and O–H groups in total. The van der Waals surface area contributed by atoms with Gasteiger partial charge in [0.2, 0.25) is 5.78 Å². The van der Waals surface area contributed by atoms with Crippen LogP contribution in [0.5, 0.6) is 0 Å². The number of nitrogen functional groups attached to an aromatic ring is 1. The topological polar surface area (TPSA) is 96.4 Å². The number of ketones is 1. The van der Waals surface area contributed by atoms with Crippen LogP contribution in [0, 0.1) is 11.7 Å². The first kappa shape index (κ1) is 24.7. The summed E-state index contributed by atoms with van der Waals surface area (Å²) in [5.41, 5.74) is 4.11. The number of aromatic nitrogens is 2. The van der Waals surface area contributed by atoms with Gasteiger partial charge in [-0.05, 0) is 43.7 Å². The number of benzene rings is 1. The van der Waals surface area contributed by atoms with E-state index in [1.165, 1.54) is 4.68 Å². The third-order valence-corrected chi connectivity index (χ3v) is 5.63. The van der Waals surface area contributed by atoms with Crippen molar-refractivity contribution in [3.05, 3.63) is 46.4 Å². The van der Waals surface area contributed by atoms with Crippen molar-refractivity contribution in [3.8, 4) is 0 Å². The molecule has 0 spiro atoms. The van der Waals surface area contributed by atoms with Crippen LogP contribution < -0.4 is 5.73 Å². The number of carbonyl (C=O) groups excluding carboxylic acids is 2. The van der Waals surface area contributed by atoms with Crippen molar-refractivity contribution >= 4 is 17.6 Å². The highest BCUT2D eigenvalue weighted by Gasteiger charge is 2.36. The zero-order chi connectivity index (χ0) is 24.2. The zero-order valence-corrected chi connectivity index (χ0v) is 18.1. The Morgan fingerprint density at radius 2 is 1.97 bits per heavy atom. The molecule has 180 valence electrons. The van der Waals surface area contributed by atoms with Crippen LogP contribution in [0.25, 0.3) is 0 Å². The summed E-state index contributed by atoms with van der Waals surface area (Å²) in [5, 5.41) is 4.36. The maximum atomic E-state index is 14.2. The number of hydrogen-bond donors (Lipinski definition) is 1. The molecule has 2 aromatic rings. The van der Waals surface area contributed by atoms with E-state index in [0.29, 0.717) is 43.9 Å². The summed E-state index contributed by atoms with van der Waals surface area (Å²) in [6.07, 6.45) is -1.91. The van der Waals surface area contributed by atoms with Crippen molar-refractivity contribution in [2.45, 2.75) is 45.3 Å². The molecule has 0 radical (unpaired) electrons. The fraction of sp³-hybridized carbons (Fsp3) is 0.500. The summed E-state index contributed by atoms with van der Waals surface area (Å²) in [6.45, 7) is 2.73. The van der Waals surface area contributed by atoms with E-state index < -0.39 is 41.5 Å². The number of Topliss-reactive ketones (excluding diaryl/α,β-unsaturated/α-hetero) is 1. The van der Waals surface area contributed by atoms with Gasteiger partial charge in [0.05, 0.1) is 16.8 Å². The fourth-order valence-electron chi connectivity index (χ4n) is 3.75. The monoisotopic (exact) mass is 471 g/mol. The van der Waals surface area contributed by atoms with Gasteiger partial charge in [0, 0.05) is 19.8 Å². The smallest absolute Gasteiger partial charge is 0.419 e. The average molecular weight is 471 g/mol. The average Bonchev–Trinajstić information content (AvgIpc) is 3.11. The van der Waals surface area contributed by atoms with E-state index in [-0.39, 0.29) is 11.4 Å². The molecule has 0 aliphatic carbocycles. The minimum absolute atomic E-state index is 0.00166. The van der Waals surface area contributed by atoms with E-state index in [2.05, 4.69) is 5.10 Å². The lowest BCUT2D eigenvalue weighted by atomic mass is 9.97. The van der Waals surface area contributed by atoms with Crippen molar-refractivity contribution in [1.82, 2.24) is 9.78 Å². The van der Waals surface area contributed by atoms with E-state index in [0.717, 1.165) is 31.4 Å². The Kier molecular flexibility index (Phi) is 7.72. The van der Waals surface area contributed by atoms with Crippen molar-refractivity contribution in [1.29, 1.82) is 0 Å². The minimum Gasteiger partial charge on any atom is -0.454 e. The lowest BCUT2D eigenvalue weighted by molar-refractivity contribution is -0.140. The van der Waals surface area contributed by atoms with Crippen LogP contribution in [-0.4, -0.2) is 41.4 Å². The van der Waals surface area contributed by atoms with E-state index in [1.54, 1.807) is 6.92 Å². The Balaban J connectivity index is 1.69. The summed E-state index contributed by atoms with van der Waals surface area (Å²) < 4.78 is 64.6. The number of aryl methyl sites for hydroxylation is 2. The van der Waals surface area contributed by atoms with Gasteiger partial charge in [-0.1, -0.05) is 13.0 Å². The summed E-state index contributed by atoms with van der Waals surface area (Å²) in [4.78, 5) is 24.9. The molecule has 0 bridgehead atoms. The predicted molar refractivity (Wildman–Crippen MR) is 110 cm³/mol. The van der Waals surface area contributed by atoms with Crippen LogP contribution in [0.2, 0.25) is 0 Å². The van der Waals surface area contributed by atoms with Gasteiger partial charge in [-0.15, -0.1) is 0 Å². The Labute approximate surface area is 187 Å². The molecule has 1 saturated heterocycles. The van der Waals surface area contributed by atoms with Crippen LogP contribution in [0.3, 0.4) is 0 Å². The predicted octanol–water partition coefficient (Wildman–Crippen LogP) is 4.04. The first-order chi connectivity index (χ1) is 15.6. The van der Waals surface area contributed by atoms with Gasteiger partial charge < -0.3 is 15.2 Å². The van der Waals surface area contributed by atoms with Gasteiger partial charge in [0.15, 0.2) is 6.61 Å². The summed E-state index contributed by atoms with van der Waals surface area (Å²) in [6, 6.07) is 2.35. The minimum atomic E-state index is -4.96. The molecule has 1 aromatic heterocycles. The quantitative estimate of drug-likeness (QED) is 0.355. The number of alkyl halides is 3. The number of ether oxygens (including phenoxy) is 2. The van der Waals surface area contributed by atoms with Crippen LogP contribution in [0.4, 0.5) is 23.4 Å². The maximum Gasteiger partial charge on any atom is 0.419 e. The van der Waals surface area contributed by atoms with E-state index in [1.807, 2.05) is 0 Å².